The monoisotopic (exact) mass is 485 g/mol. The van der Waals surface area contributed by atoms with E-state index in [9.17, 15) is 27.2 Å². The molecule has 0 saturated carbocycles. The van der Waals surface area contributed by atoms with Crippen molar-refractivity contribution in [3.8, 4) is 0 Å². The fourth-order valence-corrected chi connectivity index (χ4v) is 5.59. The molecule has 1 fully saturated rings. The maximum atomic E-state index is 13.6. The van der Waals surface area contributed by atoms with Gasteiger partial charge in [-0.25, -0.2) is 12.8 Å². The number of piperidine rings is 1. The molecule has 0 N–H and O–H groups in total. The first-order chi connectivity index (χ1) is 15.2. The van der Waals surface area contributed by atoms with E-state index in [0.29, 0.717) is 23.3 Å². The van der Waals surface area contributed by atoms with E-state index in [1.165, 1.54) is 27.7 Å². The largest absolute Gasteiger partial charge is 0.465 e. The van der Waals surface area contributed by atoms with E-state index in [1.54, 1.807) is 6.92 Å². The molecule has 1 aromatic carbocycles. The summed E-state index contributed by atoms with van der Waals surface area (Å²) in [6, 6.07) is 3.88. The van der Waals surface area contributed by atoms with Gasteiger partial charge in [-0.05, 0) is 44.4 Å². The van der Waals surface area contributed by atoms with Crippen LogP contribution in [0.25, 0.3) is 10.2 Å². The zero-order valence-electron chi connectivity index (χ0n) is 17.6. The predicted molar refractivity (Wildman–Crippen MR) is 116 cm³/mol. The number of nitrogens with zero attached hydrogens (tertiary/aromatic N) is 3. The van der Waals surface area contributed by atoms with Crippen LogP contribution in [0.3, 0.4) is 0 Å². The van der Waals surface area contributed by atoms with Gasteiger partial charge in [0.05, 0.1) is 16.8 Å². The van der Waals surface area contributed by atoms with E-state index in [4.69, 9.17) is 4.74 Å². The van der Waals surface area contributed by atoms with Crippen LogP contribution < -0.4 is 4.80 Å². The highest BCUT2D eigenvalue weighted by atomic mass is 32.2. The number of halogens is 1. The molecule has 0 radical (unpaired) electrons. The van der Waals surface area contributed by atoms with E-state index in [1.807, 2.05) is 0 Å². The second-order valence-corrected chi connectivity index (χ2v) is 10.4. The molecule has 0 atom stereocenters. The predicted octanol–water partition coefficient (Wildman–Crippen LogP) is 1.26. The molecule has 1 aliphatic rings. The summed E-state index contributed by atoms with van der Waals surface area (Å²) in [7, 11) is -4.02. The number of hydrogen-bond acceptors (Lipinski definition) is 7. The summed E-state index contributed by atoms with van der Waals surface area (Å²) < 4.78 is 45.1. The van der Waals surface area contributed by atoms with Gasteiger partial charge in [-0.3, -0.25) is 14.4 Å². The first-order valence-corrected chi connectivity index (χ1v) is 12.8. The molecule has 2 amide bonds. The summed E-state index contributed by atoms with van der Waals surface area (Å²) in [4.78, 5) is 42.1. The molecule has 1 aromatic heterocycles. The molecule has 1 aliphatic heterocycles. The summed E-state index contributed by atoms with van der Waals surface area (Å²) in [5.74, 6) is -4.26. The number of esters is 1. The number of thiazole rings is 1. The van der Waals surface area contributed by atoms with Crippen LogP contribution in [0.2, 0.25) is 0 Å². The Morgan fingerprint density at radius 3 is 2.56 bits per heavy atom. The third kappa shape index (κ3) is 6.22. The molecule has 2 heterocycles. The van der Waals surface area contributed by atoms with Crippen molar-refractivity contribution in [1.29, 1.82) is 0 Å². The van der Waals surface area contributed by atoms with Crippen LogP contribution >= 0.6 is 11.3 Å². The number of carbonyl (C=O) groups excluding carboxylic acids is 3. The average Bonchev–Trinajstić information content (AvgIpc) is 3.03. The molecule has 1 saturated heterocycles. The second-order valence-electron chi connectivity index (χ2n) is 7.37. The van der Waals surface area contributed by atoms with Crippen LogP contribution in [0, 0.1) is 5.82 Å². The molecular weight excluding hydrogens is 461 g/mol. The number of hydrogen-bond donors (Lipinski definition) is 0. The van der Waals surface area contributed by atoms with Gasteiger partial charge in [-0.2, -0.15) is 4.99 Å². The number of carbonyl (C=O) groups is 3. The van der Waals surface area contributed by atoms with Gasteiger partial charge in [0.2, 0.25) is 5.91 Å². The lowest BCUT2D eigenvalue weighted by molar-refractivity contribution is -0.143. The highest BCUT2D eigenvalue weighted by Gasteiger charge is 2.25. The summed E-state index contributed by atoms with van der Waals surface area (Å²) in [6.45, 7) is 2.56. The number of ether oxygens (including phenoxy) is 1. The van der Waals surface area contributed by atoms with Gasteiger partial charge in [0, 0.05) is 13.1 Å². The molecule has 9 nitrogen and oxygen atoms in total. The highest BCUT2D eigenvalue weighted by Crippen LogP contribution is 2.19. The van der Waals surface area contributed by atoms with Crippen molar-refractivity contribution in [3.63, 3.8) is 0 Å². The Kier molecular flexibility index (Phi) is 7.77. The molecule has 2 aromatic rings. The second kappa shape index (κ2) is 10.3. The third-order valence-electron chi connectivity index (χ3n) is 4.85. The number of aromatic nitrogens is 1. The zero-order valence-corrected chi connectivity index (χ0v) is 19.2. The van der Waals surface area contributed by atoms with Crippen molar-refractivity contribution in [2.24, 2.45) is 4.99 Å². The maximum absolute atomic E-state index is 13.6. The molecular formula is C20H24FN3O6S2. The molecule has 32 heavy (non-hydrogen) atoms. The van der Waals surface area contributed by atoms with Crippen molar-refractivity contribution in [1.82, 2.24) is 9.47 Å². The molecule has 0 aliphatic carbocycles. The Hall–Kier alpha value is -2.60. The summed E-state index contributed by atoms with van der Waals surface area (Å²) in [6.07, 6.45) is 2.65. The molecule has 0 bridgehead atoms. The van der Waals surface area contributed by atoms with Crippen LogP contribution in [-0.2, 0) is 35.5 Å². The van der Waals surface area contributed by atoms with Gasteiger partial charge in [-0.1, -0.05) is 11.3 Å². The Labute approximate surface area is 188 Å². The van der Waals surface area contributed by atoms with E-state index >= 15 is 0 Å². The van der Waals surface area contributed by atoms with Gasteiger partial charge in [0.1, 0.15) is 23.9 Å². The SMILES string of the molecule is CCOC(=O)Cn1c(=NC(=O)CS(=O)(=O)CC(=O)N2CCCCC2)sc2cc(F)ccc21. The normalized spacial score (nSPS) is 15.2. The minimum Gasteiger partial charge on any atom is -0.465 e. The maximum Gasteiger partial charge on any atom is 0.326 e. The lowest BCUT2D eigenvalue weighted by Crippen LogP contribution is -2.40. The minimum atomic E-state index is -4.02. The zero-order chi connectivity index (χ0) is 23.3. The standard InChI is InChI=1S/C20H24FN3O6S2/c1-2-30-19(27)11-24-15-7-6-14(21)10-16(15)31-20(24)22-17(25)12-32(28,29)13-18(26)23-8-4-3-5-9-23/h6-7,10H,2-5,8-9,11-13H2,1H3. The van der Waals surface area contributed by atoms with Crippen molar-refractivity contribution >= 4 is 49.2 Å². The third-order valence-corrected chi connectivity index (χ3v) is 7.27. The molecule has 0 spiro atoms. The van der Waals surface area contributed by atoms with Crippen LogP contribution in [-0.4, -0.2) is 66.9 Å². The van der Waals surface area contributed by atoms with E-state index in [0.717, 1.165) is 30.6 Å². The first kappa shape index (κ1) is 24.1. The number of likely N-dealkylation sites (tertiary alicyclic amines) is 1. The number of benzene rings is 1. The van der Waals surface area contributed by atoms with E-state index in [-0.39, 0.29) is 18.0 Å². The van der Waals surface area contributed by atoms with Crippen molar-refractivity contribution < 1.29 is 31.9 Å². The Morgan fingerprint density at radius 1 is 1.16 bits per heavy atom. The fraction of sp³-hybridized carbons (Fsp3) is 0.500. The lowest BCUT2D eigenvalue weighted by Gasteiger charge is -2.26. The fourth-order valence-electron chi connectivity index (χ4n) is 3.42. The molecule has 3 rings (SSSR count). The molecule has 0 unspecified atom stereocenters. The Bertz CT molecular complexity index is 1200. The smallest absolute Gasteiger partial charge is 0.326 e. The number of sulfone groups is 1. The quantitative estimate of drug-likeness (QED) is 0.546. The van der Waals surface area contributed by atoms with Gasteiger partial charge in [-0.15, -0.1) is 0 Å². The number of fused-ring (bicyclic) bond motifs is 1. The number of rotatable bonds is 7. The van der Waals surface area contributed by atoms with Crippen molar-refractivity contribution in [2.75, 3.05) is 31.2 Å². The summed E-state index contributed by atoms with van der Waals surface area (Å²) >= 11 is 0.947. The van der Waals surface area contributed by atoms with Crippen molar-refractivity contribution in [2.45, 2.75) is 32.7 Å². The lowest BCUT2D eigenvalue weighted by atomic mass is 10.1. The average molecular weight is 486 g/mol. The first-order valence-electron chi connectivity index (χ1n) is 10.2. The molecule has 12 heteroatoms. The van der Waals surface area contributed by atoms with Gasteiger partial charge in [0.15, 0.2) is 14.6 Å². The van der Waals surface area contributed by atoms with E-state index < -0.39 is 44.9 Å². The van der Waals surface area contributed by atoms with Gasteiger partial charge < -0.3 is 14.2 Å². The van der Waals surface area contributed by atoms with Crippen LogP contribution in [0.15, 0.2) is 23.2 Å². The summed E-state index contributed by atoms with van der Waals surface area (Å²) in [5.41, 5.74) is 0.458. The summed E-state index contributed by atoms with van der Waals surface area (Å²) in [5, 5.41) is 0. The van der Waals surface area contributed by atoms with E-state index in [2.05, 4.69) is 4.99 Å². The van der Waals surface area contributed by atoms with Gasteiger partial charge in [0.25, 0.3) is 5.91 Å². The van der Waals surface area contributed by atoms with Gasteiger partial charge >= 0.3 is 5.97 Å². The minimum absolute atomic E-state index is 0.0428. The van der Waals surface area contributed by atoms with Crippen LogP contribution in [0.4, 0.5) is 4.39 Å². The Balaban J connectivity index is 1.82. The molecule has 174 valence electrons. The topological polar surface area (TPSA) is 115 Å². The number of amides is 2. The van der Waals surface area contributed by atoms with Crippen LogP contribution in [0.5, 0.6) is 0 Å². The highest BCUT2D eigenvalue weighted by molar-refractivity contribution is 7.92. The van der Waals surface area contributed by atoms with Crippen molar-refractivity contribution in [3.05, 3.63) is 28.8 Å². The van der Waals surface area contributed by atoms with Crippen LogP contribution in [0.1, 0.15) is 26.2 Å². The Morgan fingerprint density at radius 2 is 1.88 bits per heavy atom.